The summed E-state index contributed by atoms with van der Waals surface area (Å²) in [6.07, 6.45) is 15.7. The zero-order chi connectivity index (χ0) is 13.9. The molecule has 0 heterocycles. The second kappa shape index (κ2) is 6.51. The van der Waals surface area contributed by atoms with Gasteiger partial charge < -0.3 is 0 Å². The highest BCUT2D eigenvalue weighted by Gasteiger charge is 2.55. The molecule has 0 atom stereocenters. The Morgan fingerprint density at radius 3 is 1.53 bits per heavy atom. The molecule has 0 aromatic heterocycles. The van der Waals surface area contributed by atoms with Crippen LogP contribution in [0.1, 0.15) is 91.4 Å². The predicted octanol–water partition coefficient (Wildman–Crippen LogP) is 7.03. The van der Waals surface area contributed by atoms with Crippen molar-refractivity contribution in [3.63, 3.8) is 0 Å². The van der Waals surface area contributed by atoms with Crippen molar-refractivity contribution in [2.45, 2.75) is 108 Å². The first-order chi connectivity index (χ1) is 9.02. The Balaban J connectivity index is 2.25. The summed E-state index contributed by atoms with van der Waals surface area (Å²) in [7, 11) is -1.70. The van der Waals surface area contributed by atoms with Crippen molar-refractivity contribution in [2.75, 3.05) is 0 Å². The quantitative estimate of drug-likeness (QED) is 0.386. The Morgan fingerprint density at radius 2 is 1.21 bits per heavy atom. The molecule has 112 valence electrons. The highest BCUT2D eigenvalue weighted by molar-refractivity contribution is 7.23. The van der Waals surface area contributed by atoms with Gasteiger partial charge in [0.1, 0.15) is 0 Å². The highest BCUT2D eigenvalue weighted by Crippen LogP contribution is 2.61. The molecule has 0 aliphatic heterocycles. The molecular formula is C17H33ClSi. The van der Waals surface area contributed by atoms with Crippen LogP contribution >= 0.6 is 11.1 Å². The van der Waals surface area contributed by atoms with Gasteiger partial charge in [0.25, 0.3) is 0 Å². The Bertz CT molecular complexity index is 257. The molecule has 0 saturated heterocycles. The molecule has 2 aliphatic carbocycles. The minimum Gasteiger partial charge on any atom is -0.166 e. The van der Waals surface area contributed by atoms with Crippen molar-refractivity contribution < 1.29 is 0 Å². The lowest BCUT2D eigenvalue weighted by Gasteiger charge is -2.52. The highest BCUT2D eigenvalue weighted by atomic mass is 35.6. The third-order valence-electron chi connectivity index (χ3n) is 6.32. The van der Waals surface area contributed by atoms with E-state index in [2.05, 4.69) is 20.8 Å². The number of hydrogen-bond donors (Lipinski definition) is 0. The van der Waals surface area contributed by atoms with E-state index in [1.54, 1.807) is 0 Å². The van der Waals surface area contributed by atoms with Crippen molar-refractivity contribution in [2.24, 2.45) is 0 Å². The van der Waals surface area contributed by atoms with Crippen molar-refractivity contribution in [1.82, 2.24) is 0 Å². The fourth-order valence-corrected chi connectivity index (χ4v) is 12.4. The largest absolute Gasteiger partial charge is 0.168 e. The van der Waals surface area contributed by atoms with Gasteiger partial charge in [-0.25, -0.2) is 0 Å². The van der Waals surface area contributed by atoms with Gasteiger partial charge in [0.2, 0.25) is 0 Å². The molecular weight excluding hydrogens is 268 g/mol. The zero-order valence-electron chi connectivity index (χ0n) is 13.3. The third-order valence-corrected chi connectivity index (χ3v) is 15.7. The van der Waals surface area contributed by atoms with E-state index in [0.29, 0.717) is 5.04 Å². The molecule has 0 nitrogen and oxygen atoms in total. The normalized spacial score (nSPS) is 24.6. The monoisotopic (exact) mass is 300 g/mol. The van der Waals surface area contributed by atoms with Crippen LogP contribution in [0, 0.1) is 0 Å². The minimum atomic E-state index is -1.70. The minimum absolute atomic E-state index is 0.415. The fourth-order valence-electron chi connectivity index (χ4n) is 4.75. The lowest BCUT2D eigenvalue weighted by atomic mass is 9.99. The second-order valence-corrected chi connectivity index (χ2v) is 14.1. The van der Waals surface area contributed by atoms with Crippen LogP contribution in [0.25, 0.3) is 0 Å². The summed E-state index contributed by atoms with van der Waals surface area (Å²) in [6.45, 7) is 7.36. The molecule has 2 saturated carbocycles. The van der Waals surface area contributed by atoms with Gasteiger partial charge in [-0.3, -0.25) is 0 Å². The molecule has 0 spiro atoms. The van der Waals surface area contributed by atoms with Crippen LogP contribution in [-0.4, -0.2) is 7.38 Å². The van der Waals surface area contributed by atoms with Gasteiger partial charge in [0.05, 0.1) is 0 Å². The van der Waals surface area contributed by atoms with Crippen molar-refractivity contribution in [3.05, 3.63) is 0 Å². The summed E-state index contributed by atoms with van der Waals surface area (Å²) in [5.41, 5.74) is 1.81. The van der Waals surface area contributed by atoms with Gasteiger partial charge in [0, 0.05) is 0 Å². The van der Waals surface area contributed by atoms with Crippen molar-refractivity contribution >= 4 is 18.5 Å². The van der Waals surface area contributed by atoms with E-state index in [1.807, 2.05) is 0 Å². The Kier molecular flexibility index (Phi) is 5.45. The van der Waals surface area contributed by atoms with E-state index >= 15 is 0 Å². The summed E-state index contributed by atoms with van der Waals surface area (Å²) in [4.78, 5) is 0. The summed E-state index contributed by atoms with van der Waals surface area (Å²) in [5, 5.41) is 0.415. The Hall–Kier alpha value is 0.507. The first kappa shape index (κ1) is 15.9. The van der Waals surface area contributed by atoms with Crippen LogP contribution in [0.15, 0.2) is 0 Å². The summed E-state index contributed by atoms with van der Waals surface area (Å²) in [5.74, 6) is 0. The number of rotatable bonds is 4. The molecule has 2 fully saturated rings. The summed E-state index contributed by atoms with van der Waals surface area (Å²) in [6, 6.07) is 0. The maximum atomic E-state index is 7.63. The van der Waals surface area contributed by atoms with Crippen molar-refractivity contribution in [3.8, 4) is 0 Å². The number of hydrogen-bond acceptors (Lipinski definition) is 0. The van der Waals surface area contributed by atoms with Gasteiger partial charge in [-0.05, 0) is 16.1 Å². The smallest absolute Gasteiger partial charge is 0.166 e. The molecule has 2 aliphatic rings. The van der Waals surface area contributed by atoms with Gasteiger partial charge in [-0.1, -0.05) is 91.4 Å². The summed E-state index contributed by atoms with van der Waals surface area (Å²) >= 11 is 7.63. The first-order valence-corrected chi connectivity index (χ1v) is 11.9. The topological polar surface area (TPSA) is 0 Å². The van der Waals surface area contributed by atoms with Crippen LogP contribution in [0.3, 0.4) is 0 Å². The molecule has 2 rings (SSSR count). The molecule has 0 radical (unpaired) electrons. The fraction of sp³-hybridized carbons (Fsp3) is 1.00. The van der Waals surface area contributed by atoms with Gasteiger partial charge >= 0.3 is 0 Å². The molecule has 19 heavy (non-hydrogen) atoms. The van der Waals surface area contributed by atoms with Crippen LogP contribution < -0.4 is 0 Å². The standard InChI is InChI=1S/C17H33ClSi/c1-4-17(2,3)19(18,15-11-7-5-8-12-15)16-13-9-6-10-14-16/h15-16H,4-14H2,1-3H3. The van der Waals surface area contributed by atoms with E-state index in [-0.39, 0.29) is 0 Å². The van der Waals surface area contributed by atoms with Crippen LogP contribution in [0.5, 0.6) is 0 Å². The maximum Gasteiger partial charge on any atom is 0.168 e. The first-order valence-electron chi connectivity index (χ1n) is 8.71. The Labute approximate surface area is 126 Å². The van der Waals surface area contributed by atoms with E-state index in [4.69, 9.17) is 11.1 Å². The Morgan fingerprint density at radius 1 is 0.842 bits per heavy atom. The number of halogens is 1. The second-order valence-electron chi connectivity index (χ2n) is 7.68. The zero-order valence-corrected chi connectivity index (χ0v) is 15.1. The van der Waals surface area contributed by atoms with Crippen LogP contribution in [0.4, 0.5) is 0 Å². The van der Waals surface area contributed by atoms with Crippen LogP contribution in [0.2, 0.25) is 16.1 Å². The lowest BCUT2D eigenvalue weighted by Crippen LogP contribution is -2.49. The molecule has 0 N–H and O–H groups in total. The van der Waals surface area contributed by atoms with Gasteiger partial charge in [0.15, 0.2) is 7.38 Å². The SMILES string of the molecule is CCC(C)(C)[Si](Cl)(C1CCCCC1)C1CCCCC1. The molecule has 0 aromatic rings. The molecule has 0 amide bonds. The molecule has 0 unspecified atom stereocenters. The van der Waals surface area contributed by atoms with E-state index in [1.165, 1.54) is 70.6 Å². The predicted molar refractivity (Wildman–Crippen MR) is 89.6 cm³/mol. The van der Waals surface area contributed by atoms with Gasteiger partial charge in [-0.2, -0.15) is 11.1 Å². The van der Waals surface area contributed by atoms with Crippen LogP contribution in [-0.2, 0) is 0 Å². The average molecular weight is 301 g/mol. The lowest BCUT2D eigenvalue weighted by molar-refractivity contribution is 0.432. The maximum absolute atomic E-state index is 7.63. The van der Waals surface area contributed by atoms with E-state index < -0.39 is 7.38 Å². The third kappa shape index (κ3) is 3.07. The summed E-state index contributed by atoms with van der Waals surface area (Å²) < 4.78 is 0. The molecule has 2 heteroatoms. The molecule has 0 aromatic carbocycles. The van der Waals surface area contributed by atoms with Crippen molar-refractivity contribution in [1.29, 1.82) is 0 Å². The average Bonchev–Trinajstić information content (AvgIpc) is 2.48. The molecule has 0 bridgehead atoms. The van der Waals surface area contributed by atoms with E-state index in [9.17, 15) is 0 Å². The van der Waals surface area contributed by atoms with Gasteiger partial charge in [-0.15, -0.1) is 0 Å². The van der Waals surface area contributed by atoms with E-state index in [0.717, 1.165) is 11.1 Å².